The van der Waals surface area contributed by atoms with Crippen LogP contribution < -0.4 is 0 Å². The van der Waals surface area contributed by atoms with Crippen molar-refractivity contribution in [3.63, 3.8) is 0 Å². The van der Waals surface area contributed by atoms with Crippen molar-refractivity contribution in [2.45, 2.75) is 25.7 Å². The second-order valence-electron chi connectivity index (χ2n) is 5.44. The lowest BCUT2D eigenvalue weighted by molar-refractivity contribution is -0.137. The van der Waals surface area contributed by atoms with E-state index in [-0.39, 0.29) is 12.3 Å². The number of carbonyl (C=O) groups excluding carboxylic acids is 1. The number of hydrogen-bond acceptors (Lipinski definition) is 3. The third kappa shape index (κ3) is 4.44. The average molecular weight is 291 g/mol. The molecule has 0 aromatic carbocycles. The molecular weight excluding hydrogens is 270 g/mol. The molecule has 21 heavy (non-hydrogen) atoms. The molecule has 6 heteroatoms. The summed E-state index contributed by atoms with van der Waals surface area (Å²) in [5.41, 5.74) is 0.878. The SMILES string of the molecule is Cn1nccc1/C=C\C(=O)N1CCC[C@H](CCC(=O)O)C1. The molecule has 1 amide bonds. The third-order valence-corrected chi connectivity index (χ3v) is 3.85. The number of amides is 1. The Morgan fingerprint density at radius 3 is 3.00 bits per heavy atom. The Kier molecular flexibility index (Phi) is 5.14. The van der Waals surface area contributed by atoms with Crippen molar-refractivity contribution in [2.24, 2.45) is 13.0 Å². The Balaban J connectivity index is 1.88. The fraction of sp³-hybridized carbons (Fsp3) is 0.533. The Morgan fingerprint density at radius 1 is 1.52 bits per heavy atom. The summed E-state index contributed by atoms with van der Waals surface area (Å²) >= 11 is 0. The maximum Gasteiger partial charge on any atom is 0.303 e. The quantitative estimate of drug-likeness (QED) is 0.835. The minimum atomic E-state index is -0.769. The molecule has 6 nitrogen and oxygen atoms in total. The number of carboxylic acids is 1. The number of likely N-dealkylation sites (tertiary alicyclic amines) is 1. The molecule has 1 aromatic heterocycles. The zero-order valence-electron chi connectivity index (χ0n) is 12.2. The highest BCUT2D eigenvalue weighted by Crippen LogP contribution is 2.21. The van der Waals surface area contributed by atoms with Crippen LogP contribution >= 0.6 is 0 Å². The van der Waals surface area contributed by atoms with Crippen LogP contribution in [0.1, 0.15) is 31.4 Å². The fourth-order valence-electron chi connectivity index (χ4n) is 2.64. The molecule has 0 radical (unpaired) electrons. The Hall–Kier alpha value is -2.11. The number of carboxylic acid groups (broad SMARTS) is 1. The zero-order chi connectivity index (χ0) is 15.2. The van der Waals surface area contributed by atoms with Crippen LogP contribution in [0.2, 0.25) is 0 Å². The number of hydrogen-bond donors (Lipinski definition) is 1. The Bertz CT molecular complexity index is 536. The lowest BCUT2D eigenvalue weighted by atomic mass is 9.93. The van der Waals surface area contributed by atoms with Crippen LogP contribution in [0.4, 0.5) is 0 Å². The zero-order valence-corrected chi connectivity index (χ0v) is 12.2. The van der Waals surface area contributed by atoms with Crippen LogP contribution in [0.5, 0.6) is 0 Å². The van der Waals surface area contributed by atoms with Gasteiger partial charge in [0, 0.05) is 38.8 Å². The molecule has 0 saturated carbocycles. The predicted molar refractivity (Wildman–Crippen MR) is 78.4 cm³/mol. The van der Waals surface area contributed by atoms with E-state index < -0.39 is 5.97 Å². The van der Waals surface area contributed by atoms with Crippen LogP contribution in [0.15, 0.2) is 18.3 Å². The molecule has 0 unspecified atom stereocenters. The van der Waals surface area contributed by atoms with Gasteiger partial charge in [-0.05, 0) is 37.3 Å². The van der Waals surface area contributed by atoms with Gasteiger partial charge in [0.15, 0.2) is 0 Å². The highest BCUT2D eigenvalue weighted by Gasteiger charge is 2.22. The van der Waals surface area contributed by atoms with E-state index in [1.54, 1.807) is 23.0 Å². The van der Waals surface area contributed by atoms with Gasteiger partial charge in [-0.25, -0.2) is 0 Å². The standard InChI is InChI=1S/C15H21N3O3/c1-17-13(8-9-16-17)5-6-14(19)18-10-2-3-12(11-18)4-7-15(20)21/h5-6,8-9,12H,2-4,7,10-11H2,1H3,(H,20,21)/b6-5-/t12-/m1/s1. The van der Waals surface area contributed by atoms with Gasteiger partial charge < -0.3 is 10.0 Å². The Morgan fingerprint density at radius 2 is 2.33 bits per heavy atom. The average Bonchev–Trinajstić information content (AvgIpc) is 2.88. The molecule has 0 bridgehead atoms. The first kappa shape index (κ1) is 15.3. The van der Waals surface area contributed by atoms with E-state index in [2.05, 4.69) is 5.10 Å². The van der Waals surface area contributed by atoms with Gasteiger partial charge in [-0.1, -0.05) is 0 Å². The van der Waals surface area contributed by atoms with Gasteiger partial charge in [-0.15, -0.1) is 0 Å². The van der Waals surface area contributed by atoms with Gasteiger partial charge in [-0.2, -0.15) is 5.10 Å². The molecular formula is C15H21N3O3. The number of nitrogens with zero attached hydrogens (tertiary/aromatic N) is 3. The summed E-state index contributed by atoms with van der Waals surface area (Å²) < 4.78 is 1.70. The number of aryl methyl sites for hydroxylation is 1. The van der Waals surface area contributed by atoms with E-state index in [0.29, 0.717) is 18.9 Å². The van der Waals surface area contributed by atoms with Gasteiger partial charge in [-0.3, -0.25) is 14.3 Å². The maximum atomic E-state index is 12.2. The van der Waals surface area contributed by atoms with E-state index >= 15 is 0 Å². The first-order valence-corrected chi connectivity index (χ1v) is 7.23. The van der Waals surface area contributed by atoms with Crippen molar-refractivity contribution < 1.29 is 14.7 Å². The molecule has 0 aliphatic carbocycles. The molecule has 1 atom stereocenters. The highest BCUT2D eigenvalue weighted by atomic mass is 16.4. The molecule has 1 N–H and O–H groups in total. The third-order valence-electron chi connectivity index (χ3n) is 3.85. The van der Waals surface area contributed by atoms with Crippen molar-refractivity contribution in [3.05, 3.63) is 24.0 Å². The van der Waals surface area contributed by atoms with Crippen molar-refractivity contribution in [2.75, 3.05) is 13.1 Å². The summed E-state index contributed by atoms with van der Waals surface area (Å²) in [7, 11) is 1.83. The maximum absolute atomic E-state index is 12.2. The first-order chi connectivity index (χ1) is 10.1. The minimum absolute atomic E-state index is 0.0174. The van der Waals surface area contributed by atoms with Crippen molar-refractivity contribution in [3.8, 4) is 0 Å². The lowest BCUT2D eigenvalue weighted by Gasteiger charge is -2.31. The van der Waals surface area contributed by atoms with Crippen LogP contribution in [0.25, 0.3) is 6.08 Å². The highest BCUT2D eigenvalue weighted by molar-refractivity contribution is 5.91. The monoisotopic (exact) mass is 291 g/mol. The number of aliphatic carboxylic acids is 1. The summed E-state index contributed by atoms with van der Waals surface area (Å²) in [4.78, 5) is 24.6. The largest absolute Gasteiger partial charge is 0.481 e. The molecule has 114 valence electrons. The normalized spacial score (nSPS) is 19.1. The number of carbonyl (C=O) groups is 2. The van der Waals surface area contributed by atoms with Crippen LogP contribution in [-0.4, -0.2) is 44.8 Å². The second-order valence-corrected chi connectivity index (χ2v) is 5.44. The summed E-state index contributed by atoms with van der Waals surface area (Å²) in [5.74, 6) is -0.491. The van der Waals surface area contributed by atoms with E-state index in [9.17, 15) is 9.59 Å². The number of aromatic nitrogens is 2. The smallest absolute Gasteiger partial charge is 0.303 e. The molecule has 0 spiro atoms. The molecule has 1 aliphatic rings. The van der Waals surface area contributed by atoms with Gasteiger partial charge >= 0.3 is 5.97 Å². The van der Waals surface area contributed by atoms with E-state index in [1.165, 1.54) is 0 Å². The molecule has 1 aliphatic heterocycles. The van der Waals surface area contributed by atoms with Crippen LogP contribution in [0, 0.1) is 5.92 Å². The fourth-order valence-corrected chi connectivity index (χ4v) is 2.64. The van der Waals surface area contributed by atoms with Crippen LogP contribution in [-0.2, 0) is 16.6 Å². The van der Waals surface area contributed by atoms with E-state index in [0.717, 1.165) is 25.1 Å². The van der Waals surface area contributed by atoms with Crippen molar-refractivity contribution in [1.82, 2.24) is 14.7 Å². The van der Waals surface area contributed by atoms with Crippen molar-refractivity contribution in [1.29, 1.82) is 0 Å². The molecule has 1 aromatic rings. The molecule has 2 heterocycles. The predicted octanol–water partition coefficient (Wildman–Crippen LogP) is 1.54. The summed E-state index contributed by atoms with van der Waals surface area (Å²) in [6, 6.07) is 1.84. The van der Waals surface area contributed by atoms with Gasteiger partial charge in [0.25, 0.3) is 0 Å². The number of rotatable bonds is 5. The molecule has 1 saturated heterocycles. The van der Waals surface area contributed by atoms with Gasteiger partial charge in [0.1, 0.15) is 0 Å². The second kappa shape index (κ2) is 7.06. The van der Waals surface area contributed by atoms with Crippen LogP contribution in [0.3, 0.4) is 0 Å². The van der Waals surface area contributed by atoms with Crippen molar-refractivity contribution >= 4 is 18.0 Å². The Labute approximate surface area is 124 Å². The first-order valence-electron chi connectivity index (χ1n) is 7.23. The molecule has 2 rings (SSSR count). The minimum Gasteiger partial charge on any atom is -0.481 e. The van der Waals surface area contributed by atoms with E-state index in [4.69, 9.17) is 5.11 Å². The lowest BCUT2D eigenvalue weighted by Crippen LogP contribution is -2.39. The summed E-state index contributed by atoms with van der Waals surface area (Å²) in [6.45, 7) is 1.40. The van der Waals surface area contributed by atoms with E-state index in [1.807, 2.05) is 18.0 Å². The number of piperidine rings is 1. The molecule has 1 fully saturated rings. The van der Waals surface area contributed by atoms with Gasteiger partial charge in [0.05, 0.1) is 5.69 Å². The topological polar surface area (TPSA) is 75.4 Å². The van der Waals surface area contributed by atoms with Gasteiger partial charge in [0.2, 0.25) is 5.91 Å². The summed E-state index contributed by atoms with van der Waals surface area (Å²) in [6.07, 6.45) is 7.78. The summed E-state index contributed by atoms with van der Waals surface area (Å²) in [5, 5.41) is 12.8.